The minimum absolute atomic E-state index is 0.0202. The summed E-state index contributed by atoms with van der Waals surface area (Å²) in [5.41, 5.74) is 5.15. The van der Waals surface area contributed by atoms with Gasteiger partial charge in [0.05, 0.1) is 5.56 Å². The van der Waals surface area contributed by atoms with Crippen molar-refractivity contribution in [2.24, 2.45) is 0 Å². The van der Waals surface area contributed by atoms with Crippen LogP contribution in [0.4, 0.5) is 0 Å². The van der Waals surface area contributed by atoms with Crippen LogP contribution >= 0.6 is 0 Å². The van der Waals surface area contributed by atoms with E-state index in [0.717, 1.165) is 52.7 Å². The summed E-state index contributed by atoms with van der Waals surface area (Å²) in [6.45, 7) is 8.39. The number of amides is 1. The monoisotopic (exact) mass is 497 g/mol. The molecule has 4 aromatic rings. The van der Waals surface area contributed by atoms with Crippen LogP contribution < -0.4 is 4.74 Å². The molecule has 1 aliphatic heterocycles. The van der Waals surface area contributed by atoms with Gasteiger partial charge in [0.25, 0.3) is 5.91 Å². The molecule has 2 aromatic carbocycles. The number of likely N-dealkylation sites (tertiary alicyclic amines) is 1. The van der Waals surface area contributed by atoms with Crippen LogP contribution in [0, 0.1) is 0 Å². The first-order chi connectivity index (χ1) is 17.7. The number of benzene rings is 2. The summed E-state index contributed by atoms with van der Waals surface area (Å²) >= 11 is 0. The van der Waals surface area contributed by atoms with Gasteiger partial charge in [-0.25, -0.2) is 4.98 Å². The van der Waals surface area contributed by atoms with Gasteiger partial charge in [0.15, 0.2) is 0 Å². The molecule has 1 saturated heterocycles. The second kappa shape index (κ2) is 10.0. The van der Waals surface area contributed by atoms with Crippen LogP contribution in [0.3, 0.4) is 0 Å². The van der Waals surface area contributed by atoms with Gasteiger partial charge in [0.2, 0.25) is 5.88 Å². The van der Waals surface area contributed by atoms with Crippen LogP contribution in [0.5, 0.6) is 5.88 Å². The van der Waals surface area contributed by atoms with Crippen molar-refractivity contribution in [2.45, 2.75) is 45.3 Å². The Balaban J connectivity index is 1.56. The molecule has 1 aliphatic rings. The highest BCUT2D eigenvalue weighted by Crippen LogP contribution is 2.39. The summed E-state index contributed by atoms with van der Waals surface area (Å²) in [4.78, 5) is 22.3. The number of carbonyl (C=O) groups excluding carboxylic acids is 1. The van der Waals surface area contributed by atoms with Gasteiger partial charge in [0, 0.05) is 41.8 Å². The molecule has 1 fully saturated rings. The fourth-order valence-corrected chi connectivity index (χ4v) is 4.99. The van der Waals surface area contributed by atoms with Crippen LogP contribution in [0.25, 0.3) is 22.1 Å². The fraction of sp³-hybridized carbons (Fsp3) is 0.355. The summed E-state index contributed by atoms with van der Waals surface area (Å²) in [5, 5.41) is 0.832. The van der Waals surface area contributed by atoms with E-state index in [9.17, 15) is 4.79 Å². The highest BCUT2D eigenvalue weighted by atomic mass is 16.5. The Morgan fingerprint density at radius 3 is 2.62 bits per heavy atom. The zero-order valence-corrected chi connectivity index (χ0v) is 22.3. The number of rotatable bonds is 6. The SMILES string of the molecule is CN(C)[C@H]1CCN(C(=O)c2coc3c(C(C)(C)C)cc(-c4cccnc4OCc4ccccc4)cc23)C1. The van der Waals surface area contributed by atoms with Gasteiger partial charge in [-0.3, -0.25) is 4.79 Å². The molecule has 0 spiro atoms. The summed E-state index contributed by atoms with van der Waals surface area (Å²) in [6.07, 6.45) is 4.35. The largest absolute Gasteiger partial charge is 0.472 e. The van der Waals surface area contributed by atoms with E-state index < -0.39 is 0 Å². The molecule has 0 saturated carbocycles. The molecular weight excluding hydrogens is 462 g/mol. The lowest BCUT2D eigenvalue weighted by atomic mass is 9.84. The number of ether oxygens (including phenoxy) is 1. The Labute approximate surface area is 218 Å². The van der Waals surface area contributed by atoms with Crippen molar-refractivity contribution in [2.75, 3.05) is 27.2 Å². The van der Waals surface area contributed by atoms with Crippen LogP contribution in [0.2, 0.25) is 0 Å². The zero-order valence-electron chi connectivity index (χ0n) is 22.3. The van der Waals surface area contributed by atoms with Gasteiger partial charge >= 0.3 is 0 Å². The minimum atomic E-state index is -0.191. The van der Waals surface area contributed by atoms with Crippen molar-refractivity contribution in [1.29, 1.82) is 0 Å². The van der Waals surface area contributed by atoms with Crippen molar-refractivity contribution < 1.29 is 13.9 Å². The number of furan rings is 1. The first-order valence-corrected chi connectivity index (χ1v) is 12.9. The highest BCUT2D eigenvalue weighted by Gasteiger charge is 2.31. The third-order valence-corrected chi connectivity index (χ3v) is 7.19. The van der Waals surface area contributed by atoms with Crippen molar-refractivity contribution in [3.05, 3.63) is 83.7 Å². The molecule has 2 aromatic heterocycles. The fourth-order valence-electron chi connectivity index (χ4n) is 4.99. The predicted octanol–water partition coefficient (Wildman–Crippen LogP) is 6.15. The molecule has 192 valence electrons. The van der Waals surface area contributed by atoms with Gasteiger partial charge in [0.1, 0.15) is 18.5 Å². The lowest BCUT2D eigenvalue weighted by Crippen LogP contribution is -2.34. The Bertz CT molecular complexity index is 1400. The number of pyridine rings is 1. The number of likely N-dealkylation sites (N-methyl/N-ethyl adjacent to an activating group) is 1. The summed E-state index contributed by atoms with van der Waals surface area (Å²) in [6, 6.07) is 18.6. The number of fused-ring (bicyclic) bond motifs is 1. The topological polar surface area (TPSA) is 58.8 Å². The molecular formula is C31H35N3O3. The molecule has 1 amide bonds. The second-order valence-corrected chi connectivity index (χ2v) is 11.1. The van der Waals surface area contributed by atoms with E-state index in [2.05, 4.69) is 50.8 Å². The van der Waals surface area contributed by atoms with E-state index in [1.165, 1.54) is 0 Å². The Morgan fingerprint density at radius 1 is 1.14 bits per heavy atom. The molecule has 6 nitrogen and oxygen atoms in total. The molecule has 3 heterocycles. The molecule has 37 heavy (non-hydrogen) atoms. The van der Waals surface area contributed by atoms with Gasteiger partial charge in [-0.1, -0.05) is 51.1 Å². The molecule has 1 atom stereocenters. The molecule has 0 aliphatic carbocycles. The van der Waals surface area contributed by atoms with Crippen LogP contribution in [-0.2, 0) is 12.0 Å². The summed E-state index contributed by atoms with van der Waals surface area (Å²) < 4.78 is 12.3. The van der Waals surface area contributed by atoms with Crippen LogP contribution in [0.1, 0.15) is 48.7 Å². The normalized spacial score (nSPS) is 16.1. The molecule has 0 radical (unpaired) electrons. The molecule has 0 unspecified atom stereocenters. The van der Waals surface area contributed by atoms with Crippen LogP contribution in [-0.4, -0.2) is 53.9 Å². The van der Waals surface area contributed by atoms with E-state index in [1.807, 2.05) is 53.4 Å². The highest BCUT2D eigenvalue weighted by molar-refractivity contribution is 6.08. The van der Waals surface area contributed by atoms with Gasteiger partial charge in [-0.15, -0.1) is 0 Å². The van der Waals surface area contributed by atoms with E-state index in [4.69, 9.17) is 9.15 Å². The molecule has 5 rings (SSSR count). The maximum atomic E-state index is 13.6. The molecule has 0 N–H and O–H groups in total. The average molecular weight is 498 g/mol. The second-order valence-electron chi connectivity index (χ2n) is 11.1. The third kappa shape index (κ3) is 5.12. The number of nitrogens with zero attached hydrogens (tertiary/aromatic N) is 3. The van der Waals surface area contributed by atoms with E-state index >= 15 is 0 Å². The quantitative estimate of drug-likeness (QED) is 0.320. The van der Waals surface area contributed by atoms with Gasteiger partial charge in [-0.05, 0) is 61.3 Å². The van der Waals surface area contributed by atoms with Gasteiger partial charge < -0.3 is 19.0 Å². The molecule has 0 bridgehead atoms. The van der Waals surface area contributed by atoms with E-state index in [1.54, 1.807) is 12.5 Å². The van der Waals surface area contributed by atoms with Gasteiger partial charge in [-0.2, -0.15) is 0 Å². The first-order valence-electron chi connectivity index (χ1n) is 12.9. The Hall–Kier alpha value is -3.64. The lowest BCUT2D eigenvalue weighted by molar-refractivity contribution is 0.0784. The third-order valence-electron chi connectivity index (χ3n) is 7.19. The lowest BCUT2D eigenvalue weighted by Gasteiger charge is -2.22. The summed E-state index contributed by atoms with van der Waals surface area (Å²) in [5.74, 6) is 0.585. The first kappa shape index (κ1) is 25.0. The minimum Gasteiger partial charge on any atom is -0.472 e. The predicted molar refractivity (Wildman–Crippen MR) is 147 cm³/mol. The van der Waals surface area contributed by atoms with Crippen molar-refractivity contribution in [3.8, 4) is 17.0 Å². The van der Waals surface area contributed by atoms with E-state index in [-0.39, 0.29) is 11.3 Å². The Kier molecular flexibility index (Phi) is 6.78. The van der Waals surface area contributed by atoms with Crippen LogP contribution in [0.15, 0.2) is 71.5 Å². The van der Waals surface area contributed by atoms with Crippen molar-refractivity contribution in [3.63, 3.8) is 0 Å². The molecule has 6 heteroatoms. The number of carbonyl (C=O) groups is 1. The average Bonchev–Trinajstić information content (AvgIpc) is 3.55. The Morgan fingerprint density at radius 2 is 1.92 bits per heavy atom. The smallest absolute Gasteiger partial charge is 0.257 e. The number of aromatic nitrogens is 1. The number of hydrogen-bond donors (Lipinski definition) is 0. The van der Waals surface area contributed by atoms with Crippen molar-refractivity contribution >= 4 is 16.9 Å². The standard InChI is InChI=1S/C31H35N3O3/c1-31(2,3)27-17-22(24-12-9-14-32-29(24)37-19-21-10-7-6-8-11-21)16-25-26(20-36-28(25)27)30(35)34-15-13-23(18-34)33(4)5/h6-12,14,16-17,20,23H,13,15,18-19H2,1-5H3/t23-/m0/s1. The maximum Gasteiger partial charge on any atom is 0.257 e. The zero-order chi connectivity index (χ0) is 26.2. The maximum absolute atomic E-state index is 13.6. The summed E-state index contributed by atoms with van der Waals surface area (Å²) in [7, 11) is 4.14. The van der Waals surface area contributed by atoms with Crippen molar-refractivity contribution in [1.82, 2.24) is 14.8 Å². The number of hydrogen-bond acceptors (Lipinski definition) is 5. The van der Waals surface area contributed by atoms with E-state index in [0.29, 0.717) is 24.1 Å².